The van der Waals surface area contributed by atoms with Crippen LogP contribution in [0.5, 0.6) is 0 Å². The smallest absolute Gasteiger partial charge is 0.294 e. The minimum atomic E-state index is -4.37. The third kappa shape index (κ3) is 2.41. The molecule has 5 aromatic rings. The highest BCUT2D eigenvalue weighted by molar-refractivity contribution is 7.86. The molecule has 4 N–H and O–H groups in total. The van der Waals surface area contributed by atoms with Crippen LogP contribution >= 0.6 is 0 Å². The number of aromatic nitrogens is 3. The molecule has 0 aliphatic carbocycles. The summed E-state index contributed by atoms with van der Waals surface area (Å²) in [7, 11) is -8.75. The Morgan fingerprint density at radius 2 is 1.32 bits per heavy atom. The van der Waals surface area contributed by atoms with Gasteiger partial charge in [-0.1, -0.05) is 0 Å². The van der Waals surface area contributed by atoms with Gasteiger partial charge in [-0.2, -0.15) is 16.8 Å². The standard InChI is InChI=1S/C17H11N3O6S2/c21-27(22,23)8-1-3-12-10(5-8)15-14(19-12)7-18-16-11-6-9(28(24,25)26)2-4-13(11)20-17(15)16/h1-7,19-20H,(H,21,22,23)(H,24,25,26). The van der Waals surface area contributed by atoms with Crippen molar-refractivity contribution in [2.24, 2.45) is 0 Å². The number of benzene rings is 2. The first-order valence-electron chi connectivity index (χ1n) is 7.94. The van der Waals surface area contributed by atoms with Crippen molar-refractivity contribution in [2.45, 2.75) is 9.79 Å². The van der Waals surface area contributed by atoms with Crippen LogP contribution in [0.15, 0.2) is 52.4 Å². The van der Waals surface area contributed by atoms with Gasteiger partial charge in [0, 0.05) is 27.2 Å². The highest BCUT2D eigenvalue weighted by Gasteiger charge is 2.18. The van der Waals surface area contributed by atoms with E-state index in [1.807, 2.05) is 0 Å². The molecule has 0 saturated heterocycles. The predicted molar refractivity (Wildman–Crippen MR) is 103 cm³/mol. The zero-order valence-corrected chi connectivity index (χ0v) is 15.5. The van der Waals surface area contributed by atoms with Crippen molar-refractivity contribution in [1.82, 2.24) is 15.0 Å². The lowest BCUT2D eigenvalue weighted by Gasteiger charge is -1.98. The van der Waals surface area contributed by atoms with E-state index in [0.717, 1.165) is 0 Å². The summed E-state index contributed by atoms with van der Waals surface area (Å²) >= 11 is 0. The first-order chi connectivity index (χ1) is 13.1. The zero-order valence-electron chi connectivity index (χ0n) is 13.8. The first-order valence-corrected chi connectivity index (χ1v) is 10.8. The number of aromatic amines is 2. The van der Waals surface area contributed by atoms with Gasteiger partial charge in [-0.05, 0) is 36.4 Å². The van der Waals surface area contributed by atoms with E-state index >= 15 is 0 Å². The summed E-state index contributed by atoms with van der Waals surface area (Å²) in [4.78, 5) is 10.2. The van der Waals surface area contributed by atoms with Gasteiger partial charge < -0.3 is 9.97 Å². The second kappa shape index (κ2) is 5.29. The van der Waals surface area contributed by atoms with Crippen LogP contribution in [0.25, 0.3) is 43.7 Å². The SMILES string of the molecule is O=S(=O)(O)c1ccc2[nH]c3c(ncc4[nH]c5ccc(S(=O)(=O)O)cc5c43)c2c1. The normalized spacial score (nSPS) is 13.2. The largest absolute Gasteiger partial charge is 0.353 e. The molecule has 0 saturated carbocycles. The molecule has 0 spiro atoms. The molecule has 3 heterocycles. The Morgan fingerprint density at radius 1 is 0.750 bits per heavy atom. The molecule has 28 heavy (non-hydrogen) atoms. The Hall–Kier alpha value is -2.99. The number of pyridine rings is 1. The lowest BCUT2D eigenvalue weighted by Crippen LogP contribution is -1.97. The second-order valence-electron chi connectivity index (χ2n) is 6.39. The Morgan fingerprint density at radius 3 is 1.93 bits per heavy atom. The van der Waals surface area contributed by atoms with E-state index in [1.54, 1.807) is 12.3 Å². The van der Waals surface area contributed by atoms with Gasteiger partial charge in [0.15, 0.2) is 0 Å². The van der Waals surface area contributed by atoms with Gasteiger partial charge in [0.25, 0.3) is 20.2 Å². The van der Waals surface area contributed by atoms with Crippen LogP contribution in [-0.2, 0) is 20.2 Å². The average Bonchev–Trinajstić information content (AvgIpc) is 3.16. The van der Waals surface area contributed by atoms with Crippen molar-refractivity contribution in [2.75, 3.05) is 0 Å². The fourth-order valence-corrected chi connectivity index (χ4v) is 4.49. The van der Waals surface area contributed by atoms with E-state index in [2.05, 4.69) is 15.0 Å². The Bertz CT molecular complexity index is 1660. The zero-order chi connectivity index (χ0) is 19.8. The molecule has 9 nitrogen and oxygen atoms in total. The second-order valence-corrected chi connectivity index (χ2v) is 9.23. The van der Waals surface area contributed by atoms with Gasteiger partial charge in [-0.25, -0.2) is 0 Å². The van der Waals surface area contributed by atoms with Crippen LogP contribution in [0.2, 0.25) is 0 Å². The monoisotopic (exact) mass is 417 g/mol. The van der Waals surface area contributed by atoms with Crippen LogP contribution in [-0.4, -0.2) is 40.9 Å². The number of nitrogens with one attached hydrogen (secondary N) is 2. The maximum atomic E-state index is 11.5. The molecule has 0 aliphatic heterocycles. The van der Waals surface area contributed by atoms with Crippen LogP contribution in [0.4, 0.5) is 0 Å². The minimum Gasteiger partial charge on any atom is -0.353 e. The maximum Gasteiger partial charge on any atom is 0.294 e. The molecule has 0 amide bonds. The van der Waals surface area contributed by atoms with Crippen molar-refractivity contribution in [3.8, 4) is 0 Å². The van der Waals surface area contributed by atoms with Crippen LogP contribution in [0, 0.1) is 0 Å². The van der Waals surface area contributed by atoms with E-state index in [1.165, 1.54) is 30.3 Å². The molecule has 0 atom stereocenters. The summed E-state index contributed by atoms with van der Waals surface area (Å²) in [5.74, 6) is 0. The van der Waals surface area contributed by atoms with Crippen molar-refractivity contribution in [3.05, 3.63) is 42.6 Å². The Labute approximate surface area is 157 Å². The summed E-state index contributed by atoms with van der Waals surface area (Å²) < 4.78 is 64.6. The average molecular weight is 417 g/mol. The van der Waals surface area contributed by atoms with Crippen molar-refractivity contribution < 1.29 is 25.9 Å². The molecule has 0 unspecified atom stereocenters. The van der Waals surface area contributed by atoms with Gasteiger partial charge in [0.1, 0.15) is 0 Å². The van der Waals surface area contributed by atoms with Gasteiger partial charge in [0.2, 0.25) is 0 Å². The number of hydrogen-bond acceptors (Lipinski definition) is 5. The van der Waals surface area contributed by atoms with E-state index < -0.39 is 20.2 Å². The molecule has 142 valence electrons. The minimum absolute atomic E-state index is 0.240. The van der Waals surface area contributed by atoms with Crippen LogP contribution in [0.1, 0.15) is 0 Å². The van der Waals surface area contributed by atoms with E-state index in [-0.39, 0.29) is 9.79 Å². The predicted octanol–water partition coefficient (Wildman–Crippen LogP) is 2.84. The van der Waals surface area contributed by atoms with Gasteiger partial charge in [-0.3, -0.25) is 14.1 Å². The molecule has 5 rings (SSSR count). The van der Waals surface area contributed by atoms with E-state index in [0.29, 0.717) is 43.7 Å². The Kier molecular flexibility index (Phi) is 3.24. The summed E-state index contributed by atoms with van der Waals surface area (Å²) in [5, 5.41) is 1.70. The highest BCUT2D eigenvalue weighted by Crippen LogP contribution is 2.35. The topological polar surface area (TPSA) is 153 Å². The molecule has 0 fully saturated rings. The fraction of sp³-hybridized carbons (Fsp3) is 0. The lowest BCUT2D eigenvalue weighted by atomic mass is 10.1. The van der Waals surface area contributed by atoms with E-state index in [4.69, 9.17) is 0 Å². The summed E-state index contributed by atoms with van der Waals surface area (Å²) in [6.45, 7) is 0. The quantitative estimate of drug-likeness (QED) is 0.322. The molecule has 11 heteroatoms. The molecular formula is C17H11N3O6S2. The number of nitrogens with zero attached hydrogens (tertiary/aromatic N) is 1. The van der Waals surface area contributed by atoms with Crippen LogP contribution in [0.3, 0.4) is 0 Å². The molecule has 2 aromatic carbocycles. The summed E-state index contributed by atoms with van der Waals surface area (Å²) in [6.07, 6.45) is 1.55. The van der Waals surface area contributed by atoms with Crippen molar-refractivity contribution in [3.63, 3.8) is 0 Å². The van der Waals surface area contributed by atoms with Crippen LogP contribution < -0.4 is 0 Å². The number of H-pyrrole nitrogens is 2. The number of rotatable bonds is 2. The van der Waals surface area contributed by atoms with Crippen molar-refractivity contribution in [1.29, 1.82) is 0 Å². The lowest BCUT2D eigenvalue weighted by molar-refractivity contribution is 0.481. The maximum absolute atomic E-state index is 11.5. The van der Waals surface area contributed by atoms with Gasteiger partial charge in [0.05, 0.1) is 32.5 Å². The summed E-state index contributed by atoms with van der Waals surface area (Å²) in [6, 6.07) is 8.31. The first kappa shape index (κ1) is 17.1. The Balaban J connectivity index is 1.95. The van der Waals surface area contributed by atoms with Gasteiger partial charge in [-0.15, -0.1) is 0 Å². The highest BCUT2D eigenvalue weighted by atomic mass is 32.2. The fourth-order valence-electron chi connectivity index (χ4n) is 3.48. The van der Waals surface area contributed by atoms with Gasteiger partial charge >= 0.3 is 0 Å². The molecule has 0 aliphatic rings. The molecule has 3 aromatic heterocycles. The number of hydrogen-bond donors (Lipinski definition) is 4. The number of fused-ring (bicyclic) bond motifs is 7. The third-order valence-corrected chi connectivity index (χ3v) is 6.41. The third-order valence-electron chi connectivity index (χ3n) is 4.71. The molecular weight excluding hydrogens is 406 g/mol. The summed E-state index contributed by atoms with van der Waals surface area (Å²) in [5.41, 5.74) is 2.91. The molecule has 0 bridgehead atoms. The van der Waals surface area contributed by atoms with E-state index in [9.17, 15) is 25.9 Å². The van der Waals surface area contributed by atoms with Crippen molar-refractivity contribution >= 4 is 64.0 Å². The molecule has 0 radical (unpaired) electrons.